The number of rotatable bonds is 4. The van der Waals surface area contributed by atoms with Gasteiger partial charge in [-0.05, 0) is 38.0 Å². The lowest BCUT2D eigenvalue weighted by Crippen LogP contribution is -2.33. The first kappa shape index (κ1) is 14.2. The summed E-state index contributed by atoms with van der Waals surface area (Å²) < 4.78 is 3.00. The Morgan fingerprint density at radius 2 is 1.89 bits per heavy atom. The summed E-state index contributed by atoms with van der Waals surface area (Å²) in [6.07, 6.45) is 0.888. The van der Waals surface area contributed by atoms with Crippen LogP contribution in [0.25, 0.3) is 0 Å². The second kappa shape index (κ2) is 5.84. The van der Waals surface area contributed by atoms with E-state index in [0.29, 0.717) is 0 Å². The number of aryl methyl sites for hydroxylation is 2. The van der Waals surface area contributed by atoms with E-state index < -0.39 is 0 Å². The molecular weight excluding hydrogens is 304 g/mol. The van der Waals surface area contributed by atoms with Crippen LogP contribution >= 0.6 is 15.9 Å². The number of halogens is 1. The van der Waals surface area contributed by atoms with Gasteiger partial charge >= 0.3 is 0 Å². The maximum absolute atomic E-state index is 6.30. The summed E-state index contributed by atoms with van der Waals surface area (Å²) >= 11 is 3.46. The number of benzene rings is 1. The number of nitrogens with two attached hydrogens (primary N) is 1. The number of nitrogens with zero attached hydrogens (tertiary/aromatic N) is 3. The van der Waals surface area contributed by atoms with Crippen LogP contribution in [-0.4, -0.2) is 20.8 Å². The van der Waals surface area contributed by atoms with Crippen LogP contribution in [-0.2, 0) is 0 Å². The zero-order valence-electron chi connectivity index (χ0n) is 11.5. The fourth-order valence-electron chi connectivity index (χ4n) is 2.25. The van der Waals surface area contributed by atoms with E-state index in [-0.39, 0.29) is 12.1 Å². The van der Waals surface area contributed by atoms with Crippen molar-refractivity contribution in [2.24, 2.45) is 5.73 Å². The molecule has 0 saturated carbocycles. The summed E-state index contributed by atoms with van der Waals surface area (Å²) in [6, 6.07) is 8.27. The molecule has 2 N–H and O–H groups in total. The highest BCUT2D eigenvalue weighted by Crippen LogP contribution is 2.25. The van der Waals surface area contributed by atoms with Gasteiger partial charge in [0.15, 0.2) is 0 Å². The van der Waals surface area contributed by atoms with Crippen molar-refractivity contribution >= 4 is 15.9 Å². The first-order valence-electron chi connectivity index (χ1n) is 6.43. The maximum atomic E-state index is 6.30. The lowest BCUT2D eigenvalue weighted by Gasteiger charge is -2.24. The Kier molecular flexibility index (Phi) is 4.37. The summed E-state index contributed by atoms with van der Waals surface area (Å²) in [5.74, 6) is 1.68. The average molecular weight is 323 g/mol. The van der Waals surface area contributed by atoms with Crippen molar-refractivity contribution in [3.63, 3.8) is 0 Å². The van der Waals surface area contributed by atoms with Gasteiger partial charge in [0.1, 0.15) is 11.6 Å². The fraction of sp³-hybridized carbons (Fsp3) is 0.429. The minimum Gasteiger partial charge on any atom is -0.326 e. The Balaban J connectivity index is 2.47. The molecule has 4 nitrogen and oxygen atoms in total. The number of aromatic nitrogens is 3. The molecule has 5 heteroatoms. The molecule has 19 heavy (non-hydrogen) atoms. The van der Waals surface area contributed by atoms with E-state index in [1.807, 2.05) is 30.7 Å². The third kappa shape index (κ3) is 3.04. The molecule has 0 amide bonds. The lowest BCUT2D eigenvalue weighted by molar-refractivity contribution is 0.414. The minimum atomic E-state index is 0.0148. The zero-order chi connectivity index (χ0) is 14.0. The van der Waals surface area contributed by atoms with Crippen molar-refractivity contribution in [3.05, 3.63) is 46.0 Å². The third-order valence-corrected chi connectivity index (χ3v) is 3.79. The van der Waals surface area contributed by atoms with Crippen molar-refractivity contribution in [2.45, 2.75) is 39.3 Å². The van der Waals surface area contributed by atoms with Crippen LogP contribution in [0.5, 0.6) is 0 Å². The van der Waals surface area contributed by atoms with Crippen molar-refractivity contribution in [1.82, 2.24) is 14.8 Å². The van der Waals surface area contributed by atoms with Crippen molar-refractivity contribution < 1.29 is 0 Å². The monoisotopic (exact) mass is 322 g/mol. The Hall–Kier alpha value is -1.20. The molecule has 1 aromatic carbocycles. The second-order valence-electron chi connectivity index (χ2n) is 4.72. The van der Waals surface area contributed by atoms with Gasteiger partial charge in [0.05, 0.1) is 6.04 Å². The first-order chi connectivity index (χ1) is 9.02. The van der Waals surface area contributed by atoms with E-state index >= 15 is 0 Å². The van der Waals surface area contributed by atoms with E-state index in [9.17, 15) is 0 Å². The van der Waals surface area contributed by atoms with Crippen LogP contribution in [0.4, 0.5) is 0 Å². The zero-order valence-corrected chi connectivity index (χ0v) is 13.1. The molecule has 2 rings (SSSR count). The molecule has 0 aliphatic carbocycles. The molecule has 2 unspecified atom stereocenters. The summed E-state index contributed by atoms with van der Waals surface area (Å²) in [7, 11) is 0. The molecule has 0 aliphatic heterocycles. The smallest absolute Gasteiger partial charge is 0.147 e. The quantitative estimate of drug-likeness (QED) is 0.941. The van der Waals surface area contributed by atoms with E-state index in [1.54, 1.807) is 0 Å². The molecule has 1 aromatic heterocycles. The van der Waals surface area contributed by atoms with Crippen molar-refractivity contribution in [2.75, 3.05) is 0 Å². The van der Waals surface area contributed by atoms with Crippen LogP contribution in [0.2, 0.25) is 0 Å². The molecule has 2 aromatic rings. The molecule has 0 spiro atoms. The average Bonchev–Trinajstić information content (AvgIpc) is 2.71. The largest absolute Gasteiger partial charge is 0.326 e. The topological polar surface area (TPSA) is 56.7 Å². The molecule has 1 heterocycles. The van der Waals surface area contributed by atoms with Crippen LogP contribution < -0.4 is 5.73 Å². The first-order valence-corrected chi connectivity index (χ1v) is 7.23. The van der Waals surface area contributed by atoms with Crippen LogP contribution in [0.15, 0.2) is 28.7 Å². The van der Waals surface area contributed by atoms with E-state index in [2.05, 4.69) is 45.1 Å². The molecule has 2 atom stereocenters. The van der Waals surface area contributed by atoms with Gasteiger partial charge in [-0.3, -0.25) is 0 Å². The predicted molar refractivity (Wildman–Crippen MR) is 80.0 cm³/mol. The Morgan fingerprint density at radius 3 is 2.37 bits per heavy atom. The second-order valence-corrected chi connectivity index (χ2v) is 5.63. The number of hydrogen-bond acceptors (Lipinski definition) is 3. The van der Waals surface area contributed by atoms with E-state index in [4.69, 9.17) is 5.73 Å². The van der Waals surface area contributed by atoms with Crippen molar-refractivity contribution in [3.8, 4) is 0 Å². The summed E-state index contributed by atoms with van der Waals surface area (Å²) in [5.41, 5.74) is 7.46. The summed E-state index contributed by atoms with van der Waals surface area (Å²) in [6.45, 7) is 5.96. The Labute approximate surface area is 122 Å². The van der Waals surface area contributed by atoms with Gasteiger partial charge in [0.2, 0.25) is 0 Å². The maximum Gasteiger partial charge on any atom is 0.147 e. The molecule has 0 saturated heterocycles. The molecule has 0 radical (unpaired) electrons. The normalized spacial score (nSPS) is 14.4. The van der Waals surface area contributed by atoms with Gasteiger partial charge in [-0.2, -0.15) is 5.10 Å². The van der Waals surface area contributed by atoms with Crippen LogP contribution in [0.1, 0.15) is 36.6 Å². The highest BCUT2D eigenvalue weighted by atomic mass is 79.9. The number of hydrogen-bond donors (Lipinski definition) is 1. The SMILES string of the molecule is CCC(N)C(c1ccc(Br)cc1)n1nc(C)nc1C. The van der Waals surface area contributed by atoms with Gasteiger partial charge in [-0.1, -0.05) is 35.0 Å². The molecule has 0 bridgehead atoms. The Bertz CT molecular complexity index is 547. The fourth-order valence-corrected chi connectivity index (χ4v) is 2.52. The van der Waals surface area contributed by atoms with Gasteiger partial charge in [0.25, 0.3) is 0 Å². The molecule has 0 fully saturated rings. The predicted octanol–water partition coefficient (Wildman–Crippen LogP) is 2.98. The minimum absolute atomic E-state index is 0.0148. The molecular formula is C14H19BrN4. The summed E-state index contributed by atoms with van der Waals surface area (Å²) in [4.78, 5) is 4.38. The Morgan fingerprint density at radius 1 is 1.26 bits per heavy atom. The van der Waals surface area contributed by atoms with Gasteiger partial charge in [-0.25, -0.2) is 9.67 Å². The highest BCUT2D eigenvalue weighted by Gasteiger charge is 2.23. The molecule has 0 aliphatic rings. The standard InChI is InChI=1S/C14H19BrN4/c1-4-13(16)14(11-5-7-12(15)8-6-11)19-10(3)17-9(2)18-19/h5-8,13-14H,4,16H2,1-3H3. The third-order valence-electron chi connectivity index (χ3n) is 3.26. The van der Waals surface area contributed by atoms with Crippen LogP contribution in [0.3, 0.4) is 0 Å². The van der Waals surface area contributed by atoms with Crippen molar-refractivity contribution in [1.29, 1.82) is 0 Å². The van der Waals surface area contributed by atoms with Gasteiger partial charge < -0.3 is 5.73 Å². The summed E-state index contributed by atoms with van der Waals surface area (Å²) in [5, 5.41) is 4.49. The van der Waals surface area contributed by atoms with E-state index in [0.717, 1.165) is 28.1 Å². The van der Waals surface area contributed by atoms with E-state index in [1.165, 1.54) is 0 Å². The molecule has 102 valence electrons. The van der Waals surface area contributed by atoms with Gasteiger partial charge in [0, 0.05) is 10.5 Å². The lowest BCUT2D eigenvalue weighted by atomic mass is 9.98. The highest BCUT2D eigenvalue weighted by molar-refractivity contribution is 9.10. The van der Waals surface area contributed by atoms with Crippen LogP contribution in [0, 0.1) is 13.8 Å². The van der Waals surface area contributed by atoms with Gasteiger partial charge in [-0.15, -0.1) is 0 Å².